The molecule has 10 nitrogen and oxygen atoms in total. The lowest BCUT2D eigenvalue weighted by molar-refractivity contribution is -0.285. The topological polar surface area (TPSA) is 132 Å². The van der Waals surface area contributed by atoms with Gasteiger partial charge in [-0.25, -0.2) is 14.6 Å². The van der Waals surface area contributed by atoms with Crippen molar-refractivity contribution >= 4 is 53.1 Å². The number of pyridine rings is 1. The maximum absolute atomic E-state index is 13.6. The monoisotopic (exact) mass is 629 g/mol. The number of alkyl carbamates (subject to hydrolysis) is 1. The van der Waals surface area contributed by atoms with Gasteiger partial charge < -0.3 is 24.8 Å². The Morgan fingerprint density at radius 3 is 2.49 bits per heavy atom. The lowest BCUT2D eigenvalue weighted by atomic mass is 9.85. The molecular formula is C26H38IN4O6+. The zero-order chi connectivity index (χ0) is 28.0. The number of allylic oxidation sites excluding steroid dienone is 1. The van der Waals surface area contributed by atoms with E-state index in [1.54, 1.807) is 53.9 Å². The van der Waals surface area contributed by atoms with Crippen LogP contribution in [-0.2, 0) is 14.3 Å². The Hall–Kier alpha value is -2.83. The summed E-state index contributed by atoms with van der Waals surface area (Å²) in [6.45, 7) is 16.2. The summed E-state index contributed by atoms with van der Waals surface area (Å²) in [5.41, 5.74) is -0.528. The number of amides is 2. The second-order valence-corrected chi connectivity index (χ2v) is 13.1. The Morgan fingerprint density at radius 2 is 1.95 bits per heavy atom. The van der Waals surface area contributed by atoms with Gasteiger partial charge in [-0.15, -0.1) is 0 Å². The number of carbonyl (C=O) groups excluding carboxylic acids is 2. The van der Waals surface area contributed by atoms with Crippen LogP contribution in [0.4, 0.5) is 4.79 Å². The quantitative estimate of drug-likeness (QED) is 0.297. The Morgan fingerprint density at radius 1 is 1.27 bits per heavy atom. The lowest BCUT2D eigenvalue weighted by Gasteiger charge is -2.35. The molecule has 1 fully saturated rings. The standard InChI is InChI=1S/C26H37IN4O6/c1-9-19(27-15-28-8)16-10-17(13-29-12-16)36-18-11-20(23(33)34)31(14-18)22(32)21(25(2,3)4)30-24(35)37-26(5,6)7/h9-10,12-13,15,18,20-21H,8,11,14H2,1-7H3,(H,30,35)(H,33,34)/p+1/b19-9-/t18-,20+,21?/m1/s1. The number of ether oxygens (including phenoxy) is 2. The SMILES string of the molecule is C=[NH+]C=I/C(=C\C)c1cncc(O[C@@H]2C[C@@H](C(=O)O)N(C(=O)C(NC(=O)OC(C)(C)C)C(C)(C)C)C2)c1. The molecular weight excluding hydrogens is 591 g/mol. The van der Waals surface area contributed by atoms with Gasteiger partial charge in [0.2, 0.25) is 5.91 Å². The number of aliphatic carboxylic acids is 1. The van der Waals surface area contributed by atoms with E-state index in [4.69, 9.17) is 9.47 Å². The number of carboxylic acids is 1. The number of carbonyl (C=O) groups is 3. The molecule has 1 unspecified atom stereocenters. The molecule has 0 aliphatic carbocycles. The Kier molecular flexibility index (Phi) is 10.4. The molecule has 2 heterocycles. The fourth-order valence-corrected chi connectivity index (χ4v) is 5.37. The van der Waals surface area contributed by atoms with Crippen LogP contribution in [0.2, 0.25) is 0 Å². The minimum absolute atomic E-state index is 0.0607. The largest absolute Gasteiger partial charge is 0.487 e. The van der Waals surface area contributed by atoms with Crippen molar-refractivity contribution in [3.63, 3.8) is 0 Å². The van der Waals surface area contributed by atoms with Gasteiger partial charge in [0, 0.05) is 21.8 Å². The van der Waals surface area contributed by atoms with Crippen LogP contribution in [-0.4, -0.2) is 74.1 Å². The molecule has 37 heavy (non-hydrogen) atoms. The molecule has 204 valence electrons. The van der Waals surface area contributed by atoms with E-state index in [-0.39, 0.29) is 13.0 Å². The number of rotatable bonds is 8. The number of likely N-dealkylation sites (tertiary alicyclic amines) is 1. The molecule has 0 aromatic carbocycles. The first-order valence-corrected chi connectivity index (χ1v) is 14.3. The van der Waals surface area contributed by atoms with E-state index >= 15 is 0 Å². The van der Waals surface area contributed by atoms with E-state index in [2.05, 4.69) is 22.0 Å². The predicted octanol–water partition coefficient (Wildman–Crippen LogP) is 2.33. The van der Waals surface area contributed by atoms with E-state index in [9.17, 15) is 19.5 Å². The van der Waals surface area contributed by atoms with Crippen LogP contribution in [0.25, 0.3) is 3.58 Å². The highest BCUT2D eigenvalue weighted by molar-refractivity contribution is 14.2. The van der Waals surface area contributed by atoms with Crippen molar-refractivity contribution in [1.82, 2.24) is 15.2 Å². The molecule has 1 aliphatic rings. The zero-order valence-corrected chi connectivity index (χ0v) is 24.7. The van der Waals surface area contributed by atoms with Gasteiger partial charge in [0.05, 0.1) is 12.7 Å². The number of carboxylic acid groups (broad SMARTS) is 1. The number of aromatic nitrogens is 1. The molecule has 2 rings (SSSR count). The van der Waals surface area contributed by atoms with E-state index in [0.717, 1.165) is 9.14 Å². The maximum atomic E-state index is 13.6. The lowest BCUT2D eigenvalue weighted by Crippen LogP contribution is -2.62. The van der Waals surface area contributed by atoms with Crippen molar-refractivity contribution in [2.45, 2.75) is 78.7 Å². The minimum Gasteiger partial charge on any atom is -0.487 e. The van der Waals surface area contributed by atoms with Crippen molar-refractivity contribution in [2.75, 3.05) is 6.54 Å². The van der Waals surface area contributed by atoms with E-state index in [0.29, 0.717) is 5.75 Å². The van der Waals surface area contributed by atoms with E-state index in [1.165, 1.54) is 4.90 Å². The van der Waals surface area contributed by atoms with Gasteiger partial charge in [0.1, 0.15) is 36.3 Å². The fourth-order valence-electron chi connectivity index (χ4n) is 3.80. The Balaban J connectivity index is 2.25. The van der Waals surface area contributed by atoms with Crippen molar-refractivity contribution in [2.24, 2.45) is 5.41 Å². The maximum Gasteiger partial charge on any atom is 0.408 e. The summed E-state index contributed by atoms with van der Waals surface area (Å²) in [5, 5.41) is 12.5. The van der Waals surface area contributed by atoms with Crippen LogP contribution in [0.15, 0.2) is 24.5 Å². The summed E-state index contributed by atoms with van der Waals surface area (Å²) in [4.78, 5) is 46.5. The van der Waals surface area contributed by atoms with Crippen LogP contribution in [0.1, 0.15) is 60.5 Å². The third kappa shape index (κ3) is 8.90. The van der Waals surface area contributed by atoms with Crippen LogP contribution in [0, 0.1) is 5.41 Å². The van der Waals surface area contributed by atoms with E-state index < -0.39 is 67.9 Å². The first-order valence-electron chi connectivity index (χ1n) is 11.9. The van der Waals surface area contributed by atoms with Gasteiger partial charge in [0.15, 0.2) is 4.14 Å². The van der Waals surface area contributed by atoms with Gasteiger partial charge in [-0.05, 0) is 59.9 Å². The Bertz CT molecular complexity index is 1070. The number of hydrogen-bond acceptors (Lipinski definition) is 6. The number of nitrogens with one attached hydrogen (secondary N) is 2. The van der Waals surface area contributed by atoms with Gasteiger partial charge >= 0.3 is 12.1 Å². The highest BCUT2D eigenvalue weighted by atomic mass is 127. The van der Waals surface area contributed by atoms with Crippen LogP contribution < -0.4 is 15.0 Å². The van der Waals surface area contributed by atoms with Crippen molar-refractivity contribution < 1.29 is 34.0 Å². The molecule has 1 aromatic heterocycles. The van der Waals surface area contributed by atoms with Crippen molar-refractivity contribution in [3.8, 4) is 5.75 Å². The van der Waals surface area contributed by atoms with Gasteiger partial charge in [-0.3, -0.25) is 9.78 Å². The summed E-state index contributed by atoms with van der Waals surface area (Å²) in [6.07, 6.45) is 4.15. The normalized spacial score (nSPS) is 19.6. The average molecular weight is 630 g/mol. The summed E-state index contributed by atoms with van der Waals surface area (Å²) >= 11 is -0.426. The molecule has 3 atom stereocenters. The van der Waals surface area contributed by atoms with Crippen LogP contribution >= 0.6 is 20.7 Å². The average Bonchev–Trinajstić information content (AvgIpc) is 3.20. The minimum atomic E-state index is -1.13. The molecule has 1 saturated heterocycles. The van der Waals surface area contributed by atoms with Gasteiger partial charge in [-0.2, -0.15) is 0 Å². The summed E-state index contributed by atoms with van der Waals surface area (Å²) < 4.78 is 14.5. The highest BCUT2D eigenvalue weighted by Gasteiger charge is 2.46. The summed E-state index contributed by atoms with van der Waals surface area (Å²) in [6, 6.07) is -0.220. The third-order valence-electron chi connectivity index (χ3n) is 5.40. The molecule has 1 aromatic rings. The second kappa shape index (κ2) is 12.6. The Labute approximate surface area is 228 Å². The zero-order valence-electron chi connectivity index (χ0n) is 22.5. The van der Waals surface area contributed by atoms with E-state index in [1.807, 2.05) is 23.2 Å². The number of halogens is 1. The second-order valence-electron chi connectivity index (χ2n) is 10.7. The van der Waals surface area contributed by atoms with Crippen LogP contribution in [0.5, 0.6) is 5.75 Å². The molecule has 0 bridgehead atoms. The van der Waals surface area contributed by atoms with Crippen molar-refractivity contribution in [1.29, 1.82) is 0 Å². The molecule has 3 N–H and O–H groups in total. The van der Waals surface area contributed by atoms with Gasteiger partial charge in [-0.1, -0.05) is 26.8 Å². The summed E-state index contributed by atoms with van der Waals surface area (Å²) in [7, 11) is 0. The van der Waals surface area contributed by atoms with Crippen molar-refractivity contribution in [3.05, 3.63) is 30.1 Å². The number of hydrogen-bond donors (Lipinski definition) is 3. The van der Waals surface area contributed by atoms with Crippen LogP contribution in [0.3, 0.4) is 0 Å². The first-order chi connectivity index (χ1) is 17.2. The molecule has 0 spiro atoms. The predicted molar refractivity (Wildman–Crippen MR) is 151 cm³/mol. The molecule has 11 heteroatoms. The molecule has 2 amide bonds. The molecule has 1 aliphatic heterocycles. The fraction of sp³-hybridized carbons (Fsp3) is 0.538. The van der Waals surface area contributed by atoms with Gasteiger partial charge in [0.25, 0.3) is 0 Å². The summed E-state index contributed by atoms with van der Waals surface area (Å²) in [5.74, 6) is -1.14. The smallest absolute Gasteiger partial charge is 0.408 e. The number of nitrogens with zero attached hydrogens (tertiary/aromatic N) is 2. The highest BCUT2D eigenvalue weighted by Crippen LogP contribution is 2.31. The molecule has 0 saturated carbocycles. The first kappa shape index (κ1) is 30.4. The third-order valence-corrected chi connectivity index (χ3v) is 8.07. The molecule has 0 radical (unpaired) electrons.